The summed E-state index contributed by atoms with van der Waals surface area (Å²) in [7, 11) is 0. The maximum Gasteiger partial charge on any atom is 0.255 e. The molecule has 0 unspecified atom stereocenters. The Bertz CT molecular complexity index is 707. The summed E-state index contributed by atoms with van der Waals surface area (Å²) in [4.78, 5) is 15.6. The van der Waals surface area contributed by atoms with E-state index in [4.69, 9.17) is 4.74 Å². The molecule has 136 valence electrons. The lowest BCUT2D eigenvalue weighted by molar-refractivity contribution is 0.0190. The van der Waals surface area contributed by atoms with Crippen LogP contribution in [0.1, 0.15) is 42.9 Å². The van der Waals surface area contributed by atoms with Gasteiger partial charge in [0.2, 0.25) is 0 Å². The van der Waals surface area contributed by atoms with Crippen LogP contribution in [0.3, 0.4) is 0 Å². The highest BCUT2D eigenvalue weighted by molar-refractivity contribution is 5.22. The number of hydrogen-bond donors (Lipinski definition) is 1. The van der Waals surface area contributed by atoms with Crippen molar-refractivity contribution in [3.8, 4) is 0 Å². The summed E-state index contributed by atoms with van der Waals surface area (Å²) in [6.45, 7) is 7.86. The fraction of sp³-hybridized carbons (Fsp3) is 0.750. The van der Waals surface area contributed by atoms with Crippen LogP contribution in [0.2, 0.25) is 0 Å². The van der Waals surface area contributed by atoms with Gasteiger partial charge in [-0.3, -0.25) is 9.69 Å². The van der Waals surface area contributed by atoms with E-state index in [1.807, 2.05) is 0 Å². The van der Waals surface area contributed by atoms with Gasteiger partial charge in [-0.25, -0.2) is 0 Å². The highest BCUT2D eigenvalue weighted by Crippen LogP contribution is 2.40. The van der Waals surface area contributed by atoms with Crippen LogP contribution >= 0.6 is 0 Å². The molecule has 4 aliphatic rings. The third kappa shape index (κ3) is 2.86. The second-order valence-electron chi connectivity index (χ2n) is 8.73. The number of likely N-dealkylation sites (tertiary alicyclic amines) is 1. The van der Waals surface area contributed by atoms with E-state index in [1.165, 1.54) is 31.4 Å². The summed E-state index contributed by atoms with van der Waals surface area (Å²) in [6.07, 6.45) is 4.87. The number of aromatic nitrogens is 1. The van der Waals surface area contributed by atoms with E-state index in [1.54, 1.807) is 0 Å². The molecule has 0 aromatic carbocycles. The molecule has 1 aromatic rings. The monoisotopic (exact) mass is 343 g/mol. The zero-order valence-electron chi connectivity index (χ0n) is 15.0. The van der Waals surface area contributed by atoms with E-state index in [-0.39, 0.29) is 5.56 Å². The lowest BCUT2D eigenvalue weighted by atomic mass is 9.80. The molecule has 5 rings (SSSR count). The van der Waals surface area contributed by atoms with Crippen LogP contribution in [0.25, 0.3) is 0 Å². The van der Waals surface area contributed by atoms with Gasteiger partial charge in [0.25, 0.3) is 5.56 Å². The molecule has 1 N–H and O–H groups in total. The first-order chi connectivity index (χ1) is 12.2. The number of pyridine rings is 1. The maximum atomic E-state index is 13.1. The van der Waals surface area contributed by atoms with Gasteiger partial charge in [0.1, 0.15) is 0 Å². The van der Waals surface area contributed by atoms with Crippen LogP contribution < -0.4 is 10.9 Å². The van der Waals surface area contributed by atoms with E-state index in [0.717, 1.165) is 58.0 Å². The average molecular weight is 343 g/mol. The smallest absolute Gasteiger partial charge is 0.255 e. The molecule has 4 aliphatic heterocycles. The van der Waals surface area contributed by atoms with E-state index >= 15 is 0 Å². The molecule has 5 heteroatoms. The quantitative estimate of drug-likeness (QED) is 0.885. The number of piperidine rings is 1. The summed E-state index contributed by atoms with van der Waals surface area (Å²) in [6, 6.07) is 4.34. The predicted molar refractivity (Wildman–Crippen MR) is 96.8 cm³/mol. The van der Waals surface area contributed by atoms with Gasteiger partial charge in [-0.05, 0) is 56.2 Å². The Morgan fingerprint density at radius 3 is 2.96 bits per heavy atom. The standard InChI is InChI=1S/C20H29N3O2/c24-19-16(13-22-6-3-20(14-22)4-7-25-8-5-20)1-2-18-17-9-15(10-21-11-17)12-23(18)19/h1-2,15,17,21H,3-14H2/t15-,17+/m0/s1. The van der Waals surface area contributed by atoms with Crippen LogP contribution in [0.5, 0.6) is 0 Å². The lowest BCUT2D eigenvalue weighted by Gasteiger charge is -2.37. The molecule has 2 bridgehead atoms. The predicted octanol–water partition coefficient (Wildman–Crippen LogP) is 1.56. The van der Waals surface area contributed by atoms with Crippen molar-refractivity contribution in [2.45, 2.75) is 44.7 Å². The maximum absolute atomic E-state index is 13.1. The van der Waals surface area contributed by atoms with E-state index < -0.39 is 0 Å². The lowest BCUT2D eigenvalue weighted by Crippen LogP contribution is -2.45. The average Bonchev–Trinajstić information content (AvgIpc) is 3.01. The first-order valence-electron chi connectivity index (χ1n) is 9.96. The van der Waals surface area contributed by atoms with Crippen molar-refractivity contribution in [2.75, 3.05) is 39.4 Å². The van der Waals surface area contributed by atoms with Gasteiger partial charge in [0.05, 0.1) is 0 Å². The Balaban J connectivity index is 1.35. The van der Waals surface area contributed by atoms with Crippen molar-refractivity contribution in [2.24, 2.45) is 11.3 Å². The summed E-state index contributed by atoms with van der Waals surface area (Å²) < 4.78 is 7.64. The molecule has 0 radical (unpaired) electrons. The molecule has 0 amide bonds. The van der Waals surface area contributed by atoms with Crippen LogP contribution in [-0.4, -0.2) is 48.9 Å². The van der Waals surface area contributed by atoms with Gasteiger partial charge in [-0.2, -0.15) is 0 Å². The van der Waals surface area contributed by atoms with Gasteiger partial charge in [-0.15, -0.1) is 0 Å². The van der Waals surface area contributed by atoms with Crippen LogP contribution in [0, 0.1) is 11.3 Å². The highest BCUT2D eigenvalue weighted by atomic mass is 16.5. The van der Waals surface area contributed by atoms with Gasteiger partial charge in [0, 0.05) is 56.6 Å². The van der Waals surface area contributed by atoms with E-state index in [9.17, 15) is 4.79 Å². The number of ether oxygens (including phenoxy) is 1. The zero-order valence-corrected chi connectivity index (χ0v) is 15.0. The summed E-state index contributed by atoms with van der Waals surface area (Å²) >= 11 is 0. The number of rotatable bonds is 2. The van der Waals surface area contributed by atoms with Crippen molar-refractivity contribution in [1.82, 2.24) is 14.8 Å². The minimum absolute atomic E-state index is 0.266. The van der Waals surface area contributed by atoms with Crippen molar-refractivity contribution >= 4 is 0 Å². The van der Waals surface area contributed by atoms with E-state index in [2.05, 4.69) is 26.9 Å². The van der Waals surface area contributed by atoms with E-state index in [0.29, 0.717) is 17.3 Å². The topological polar surface area (TPSA) is 46.5 Å². The Labute approximate surface area is 149 Å². The first-order valence-corrected chi connectivity index (χ1v) is 9.96. The molecule has 5 heterocycles. The zero-order chi connectivity index (χ0) is 16.9. The molecule has 1 spiro atoms. The largest absolute Gasteiger partial charge is 0.381 e. The molecule has 0 saturated carbocycles. The normalized spacial score (nSPS) is 31.2. The van der Waals surface area contributed by atoms with Gasteiger partial charge in [-0.1, -0.05) is 6.07 Å². The molecule has 25 heavy (non-hydrogen) atoms. The Kier molecular flexibility index (Phi) is 3.99. The van der Waals surface area contributed by atoms with Crippen molar-refractivity contribution < 1.29 is 4.74 Å². The summed E-state index contributed by atoms with van der Waals surface area (Å²) in [5.74, 6) is 1.14. The first kappa shape index (κ1) is 16.0. The third-order valence-corrected chi connectivity index (χ3v) is 7.05. The van der Waals surface area contributed by atoms with Crippen LogP contribution in [0.4, 0.5) is 0 Å². The van der Waals surface area contributed by atoms with Gasteiger partial charge < -0.3 is 14.6 Å². The molecule has 3 saturated heterocycles. The fourth-order valence-electron chi connectivity index (χ4n) is 5.57. The third-order valence-electron chi connectivity index (χ3n) is 7.05. The molecule has 1 aromatic heterocycles. The number of nitrogens with zero attached hydrogens (tertiary/aromatic N) is 2. The second kappa shape index (κ2) is 6.22. The molecular weight excluding hydrogens is 314 g/mol. The number of hydrogen-bond acceptors (Lipinski definition) is 4. The molecule has 5 nitrogen and oxygen atoms in total. The second-order valence-corrected chi connectivity index (χ2v) is 8.73. The van der Waals surface area contributed by atoms with Crippen molar-refractivity contribution in [1.29, 1.82) is 0 Å². The summed E-state index contributed by atoms with van der Waals surface area (Å²) in [5.41, 5.74) is 2.95. The van der Waals surface area contributed by atoms with Crippen LogP contribution in [0.15, 0.2) is 16.9 Å². The number of fused-ring (bicyclic) bond motifs is 4. The molecule has 0 aliphatic carbocycles. The molecular formula is C20H29N3O2. The Morgan fingerprint density at radius 2 is 2.08 bits per heavy atom. The Morgan fingerprint density at radius 1 is 1.20 bits per heavy atom. The van der Waals surface area contributed by atoms with Crippen molar-refractivity contribution in [3.05, 3.63) is 33.7 Å². The minimum atomic E-state index is 0.266. The fourth-order valence-corrected chi connectivity index (χ4v) is 5.57. The molecule has 2 atom stereocenters. The summed E-state index contributed by atoms with van der Waals surface area (Å²) in [5, 5.41) is 3.52. The SMILES string of the molecule is O=c1c(CN2CCC3(CCOCC3)C2)ccc2n1C[C@@H]1CNC[C@H]2C1. The van der Waals surface area contributed by atoms with Gasteiger partial charge >= 0.3 is 0 Å². The molecule has 3 fully saturated rings. The Hall–Kier alpha value is -1.17. The number of nitrogens with one attached hydrogen (secondary N) is 1. The highest BCUT2D eigenvalue weighted by Gasteiger charge is 2.39. The van der Waals surface area contributed by atoms with Gasteiger partial charge in [0.15, 0.2) is 0 Å². The minimum Gasteiger partial charge on any atom is -0.381 e. The van der Waals surface area contributed by atoms with Crippen molar-refractivity contribution in [3.63, 3.8) is 0 Å². The van der Waals surface area contributed by atoms with Crippen LogP contribution in [-0.2, 0) is 17.8 Å².